The number of aromatic nitrogens is 1. The maximum absolute atomic E-state index is 5.86. The van der Waals surface area contributed by atoms with E-state index in [1.807, 2.05) is 32.2 Å². The van der Waals surface area contributed by atoms with E-state index in [-0.39, 0.29) is 0 Å². The first-order valence-electron chi connectivity index (χ1n) is 5.69. The van der Waals surface area contributed by atoms with Gasteiger partial charge in [-0.1, -0.05) is 11.2 Å². The van der Waals surface area contributed by atoms with E-state index in [0.717, 1.165) is 34.7 Å². The molecule has 1 aromatic heterocycles. The molecule has 0 saturated heterocycles. The minimum Gasteiger partial charge on any atom is -0.398 e. The van der Waals surface area contributed by atoms with Gasteiger partial charge in [-0.3, -0.25) is 4.90 Å². The minimum atomic E-state index is 0.757. The van der Waals surface area contributed by atoms with Crippen molar-refractivity contribution < 1.29 is 4.52 Å². The molecule has 1 heterocycles. The van der Waals surface area contributed by atoms with Crippen LogP contribution in [0.25, 0.3) is 0 Å². The van der Waals surface area contributed by atoms with Crippen molar-refractivity contribution in [1.29, 1.82) is 0 Å². The molecule has 2 rings (SSSR count). The summed E-state index contributed by atoms with van der Waals surface area (Å²) < 4.78 is 5.98. The highest BCUT2D eigenvalue weighted by atomic mass is 79.9. The van der Waals surface area contributed by atoms with Crippen LogP contribution in [0.1, 0.15) is 17.0 Å². The van der Waals surface area contributed by atoms with Gasteiger partial charge in [-0.2, -0.15) is 0 Å². The van der Waals surface area contributed by atoms with Gasteiger partial charge < -0.3 is 10.3 Å². The van der Waals surface area contributed by atoms with Gasteiger partial charge in [0.25, 0.3) is 0 Å². The molecule has 5 heteroatoms. The van der Waals surface area contributed by atoms with Crippen LogP contribution in [0.5, 0.6) is 0 Å². The molecule has 0 radical (unpaired) electrons. The Morgan fingerprint density at radius 1 is 1.33 bits per heavy atom. The lowest BCUT2D eigenvalue weighted by atomic mass is 10.2. The monoisotopic (exact) mass is 309 g/mol. The third kappa shape index (κ3) is 3.34. The van der Waals surface area contributed by atoms with Gasteiger partial charge in [-0.25, -0.2) is 0 Å². The summed E-state index contributed by atoms with van der Waals surface area (Å²) in [6.45, 7) is 3.47. The van der Waals surface area contributed by atoms with Gasteiger partial charge in [-0.05, 0) is 47.6 Å². The normalized spacial score (nSPS) is 11.1. The topological polar surface area (TPSA) is 55.3 Å². The fourth-order valence-corrected chi connectivity index (χ4v) is 2.07. The van der Waals surface area contributed by atoms with Gasteiger partial charge >= 0.3 is 0 Å². The molecule has 0 aliphatic carbocycles. The van der Waals surface area contributed by atoms with Crippen molar-refractivity contribution in [2.24, 2.45) is 0 Å². The number of hydrogen-bond acceptors (Lipinski definition) is 4. The lowest BCUT2D eigenvalue weighted by Crippen LogP contribution is -2.17. The average molecular weight is 310 g/mol. The van der Waals surface area contributed by atoms with Crippen LogP contribution in [0.3, 0.4) is 0 Å². The molecular formula is C13H16BrN3O. The Bertz CT molecular complexity index is 539. The van der Waals surface area contributed by atoms with Crippen molar-refractivity contribution >= 4 is 21.6 Å². The summed E-state index contributed by atoms with van der Waals surface area (Å²) >= 11 is 3.39. The number of aryl methyl sites for hydroxylation is 1. The number of halogens is 1. The van der Waals surface area contributed by atoms with Crippen molar-refractivity contribution in [2.75, 3.05) is 12.8 Å². The van der Waals surface area contributed by atoms with Crippen LogP contribution >= 0.6 is 15.9 Å². The molecule has 0 amide bonds. The molecule has 4 nitrogen and oxygen atoms in total. The van der Waals surface area contributed by atoms with E-state index in [0.29, 0.717) is 0 Å². The van der Waals surface area contributed by atoms with E-state index < -0.39 is 0 Å². The molecule has 0 atom stereocenters. The second-order valence-electron chi connectivity index (χ2n) is 4.46. The first-order valence-corrected chi connectivity index (χ1v) is 6.48. The molecule has 96 valence electrons. The lowest BCUT2D eigenvalue weighted by Gasteiger charge is -2.15. The predicted molar refractivity (Wildman–Crippen MR) is 75.0 cm³/mol. The van der Waals surface area contributed by atoms with Crippen LogP contribution in [-0.2, 0) is 13.1 Å². The highest BCUT2D eigenvalue weighted by molar-refractivity contribution is 9.10. The van der Waals surface area contributed by atoms with E-state index in [4.69, 9.17) is 10.3 Å². The highest BCUT2D eigenvalue weighted by Gasteiger charge is 2.06. The van der Waals surface area contributed by atoms with Gasteiger partial charge in [-0.15, -0.1) is 0 Å². The summed E-state index contributed by atoms with van der Waals surface area (Å²) in [5.41, 5.74) is 8.75. The molecular weight excluding hydrogens is 294 g/mol. The van der Waals surface area contributed by atoms with E-state index in [9.17, 15) is 0 Å². The predicted octanol–water partition coefficient (Wildman–Crippen LogP) is 2.96. The van der Waals surface area contributed by atoms with Crippen LogP contribution in [0.2, 0.25) is 0 Å². The minimum absolute atomic E-state index is 0.757. The van der Waals surface area contributed by atoms with Crippen molar-refractivity contribution in [1.82, 2.24) is 10.1 Å². The molecule has 0 unspecified atom stereocenters. The first kappa shape index (κ1) is 13.1. The summed E-state index contributed by atoms with van der Waals surface area (Å²) in [5.74, 6) is 0.839. The molecule has 1 aromatic carbocycles. The Hall–Kier alpha value is -1.33. The quantitative estimate of drug-likeness (QED) is 0.882. The second kappa shape index (κ2) is 5.54. The Kier molecular flexibility index (Phi) is 4.04. The Morgan fingerprint density at radius 2 is 2.11 bits per heavy atom. The number of anilines is 1. The SMILES string of the molecule is Cc1cc(CN(C)Cc2ccc(Br)c(N)c2)no1. The first-order chi connectivity index (χ1) is 8.54. The third-order valence-electron chi connectivity index (χ3n) is 2.62. The number of nitrogens with two attached hydrogens (primary N) is 1. The van der Waals surface area contributed by atoms with E-state index in [1.165, 1.54) is 5.56 Å². The van der Waals surface area contributed by atoms with Gasteiger partial charge in [0.15, 0.2) is 0 Å². The van der Waals surface area contributed by atoms with Gasteiger partial charge in [0.2, 0.25) is 0 Å². The molecule has 2 N–H and O–H groups in total. The molecule has 2 aromatic rings. The summed E-state index contributed by atoms with van der Waals surface area (Å²) in [6, 6.07) is 7.96. The number of rotatable bonds is 4. The number of benzene rings is 1. The van der Waals surface area contributed by atoms with Crippen LogP contribution in [0.15, 0.2) is 33.3 Å². The third-order valence-corrected chi connectivity index (χ3v) is 3.34. The summed E-state index contributed by atoms with van der Waals surface area (Å²) in [5, 5.41) is 3.98. The highest BCUT2D eigenvalue weighted by Crippen LogP contribution is 2.21. The molecule has 0 aliphatic heterocycles. The fraction of sp³-hybridized carbons (Fsp3) is 0.308. The van der Waals surface area contributed by atoms with Crippen LogP contribution in [-0.4, -0.2) is 17.1 Å². The smallest absolute Gasteiger partial charge is 0.133 e. The summed E-state index contributed by atoms with van der Waals surface area (Å²) in [4.78, 5) is 2.17. The number of hydrogen-bond donors (Lipinski definition) is 1. The van der Waals surface area contributed by atoms with E-state index >= 15 is 0 Å². The standard InChI is InChI=1S/C13H16BrN3O/c1-9-5-11(16-18-9)8-17(2)7-10-3-4-12(14)13(15)6-10/h3-6H,7-8,15H2,1-2H3. The molecule has 0 bridgehead atoms. The molecule has 0 saturated carbocycles. The lowest BCUT2D eigenvalue weighted by molar-refractivity contribution is 0.302. The van der Waals surface area contributed by atoms with Crippen molar-refractivity contribution in [3.63, 3.8) is 0 Å². The maximum Gasteiger partial charge on any atom is 0.133 e. The van der Waals surface area contributed by atoms with E-state index in [2.05, 4.69) is 32.1 Å². The zero-order valence-corrected chi connectivity index (χ0v) is 12.1. The average Bonchev–Trinajstić information content (AvgIpc) is 2.69. The second-order valence-corrected chi connectivity index (χ2v) is 5.31. The van der Waals surface area contributed by atoms with Crippen LogP contribution in [0, 0.1) is 6.92 Å². The zero-order chi connectivity index (χ0) is 13.1. The summed E-state index contributed by atoms with van der Waals surface area (Å²) in [7, 11) is 2.04. The van der Waals surface area contributed by atoms with Gasteiger partial charge in [0.05, 0.1) is 5.69 Å². The van der Waals surface area contributed by atoms with Gasteiger partial charge in [0, 0.05) is 29.3 Å². The maximum atomic E-state index is 5.86. The largest absolute Gasteiger partial charge is 0.398 e. The Morgan fingerprint density at radius 3 is 2.72 bits per heavy atom. The van der Waals surface area contributed by atoms with Crippen LogP contribution in [0.4, 0.5) is 5.69 Å². The van der Waals surface area contributed by atoms with Gasteiger partial charge in [0.1, 0.15) is 5.76 Å². The number of nitrogen functional groups attached to an aromatic ring is 1. The van der Waals surface area contributed by atoms with Crippen molar-refractivity contribution in [2.45, 2.75) is 20.0 Å². The Balaban J connectivity index is 1.98. The molecule has 0 fully saturated rings. The molecule has 0 aliphatic rings. The molecule has 0 spiro atoms. The fourth-order valence-electron chi connectivity index (χ4n) is 1.83. The van der Waals surface area contributed by atoms with E-state index in [1.54, 1.807) is 0 Å². The zero-order valence-electron chi connectivity index (χ0n) is 10.5. The van der Waals surface area contributed by atoms with Crippen molar-refractivity contribution in [3.05, 3.63) is 45.8 Å². The van der Waals surface area contributed by atoms with Crippen molar-refractivity contribution in [3.8, 4) is 0 Å². The Labute approximate surface area is 115 Å². The number of nitrogens with zero attached hydrogens (tertiary/aromatic N) is 2. The summed E-state index contributed by atoms with van der Waals surface area (Å²) in [6.07, 6.45) is 0. The van der Waals surface area contributed by atoms with Crippen LogP contribution < -0.4 is 5.73 Å². The molecule has 18 heavy (non-hydrogen) atoms.